The average molecular weight is 602 g/mol. The van der Waals surface area contributed by atoms with Gasteiger partial charge in [0.2, 0.25) is 0 Å². The number of Topliss-reactive ketones (excluding diaryl/α,β-unsaturated/α-hetero) is 1. The number of hydrogen-bond donors (Lipinski definition) is 0. The number of rotatable bonds is 7. The molecule has 0 radical (unpaired) electrons. The lowest BCUT2D eigenvalue weighted by molar-refractivity contribution is -0.343. The maximum Gasteiger partial charge on any atom is 0.431 e. The molecule has 4 aliphatic carbocycles. The van der Waals surface area contributed by atoms with Crippen LogP contribution in [0.2, 0.25) is 19.6 Å². The Kier molecular flexibility index (Phi) is 8.10. The van der Waals surface area contributed by atoms with Crippen LogP contribution >= 0.6 is 0 Å². The summed E-state index contributed by atoms with van der Waals surface area (Å²) < 4.78 is 107. The standard InChI is InChI=1S/C30H47F7O2Si/c1-18(8-7-13-28(31,29(32,33)34)30(35,36)37)23-17-24(38)25-21-10-9-19-16-20(39-40(4,5)6)11-14-26(19,2)22(21)12-15-27(23,25)3/h18-23,25H,7-17H2,1-6H3/t18-,19+,20+,21-,22+,23-,25-,26+,27-/m1/s1/i7D/t7-,18+,19-,20-,21+,22-,23+,25+,26-,27+/m0. The van der Waals surface area contributed by atoms with Crippen molar-refractivity contribution in [2.45, 2.75) is 135 Å². The molecule has 0 saturated heterocycles. The Morgan fingerprint density at radius 3 is 2.15 bits per heavy atom. The Bertz CT molecular complexity index is 967. The minimum absolute atomic E-state index is 0.124. The van der Waals surface area contributed by atoms with E-state index >= 15 is 0 Å². The summed E-state index contributed by atoms with van der Waals surface area (Å²) in [5.74, 6) is 0.406. The fraction of sp³-hybridized carbons (Fsp3) is 0.967. The summed E-state index contributed by atoms with van der Waals surface area (Å²) in [6.07, 6.45) is -9.15. The summed E-state index contributed by atoms with van der Waals surface area (Å²) in [6, 6.07) is 0. The second kappa shape index (κ2) is 10.5. The van der Waals surface area contributed by atoms with Gasteiger partial charge in [0.25, 0.3) is 5.67 Å². The van der Waals surface area contributed by atoms with Gasteiger partial charge in [0, 0.05) is 19.8 Å². The molecule has 0 aliphatic heterocycles. The van der Waals surface area contributed by atoms with Gasteiger partial charge in [-0.2, -0.15) is 26.3 Å². The monoisotopic (exact) mass is 601 g/mol. The van der Waals surface area contributed by atoms with Gasteiger partial charge in [0.05, 0.1) is 0 Å². The van der Waals surface area contributed by atoms with Crippen LogP contribution in [0.25, 0.3) is 0 Å². The van der Waals surface area contributed by atoms with Gasteiger partial charge in [-0.25, -0.2) is 4.39 Å². The summed E-state index contributed by atoms with van der Waals surface area (Å²) in [5.41, 5.74) is -5.71. The first-order chi connectivity index (χ1) is 18.5. The third-order valence-corrected chi connectivity index (χ3v) is 12.6. The third-order valence-electron chi connectivity index (χ3n) is 11.5. The zero-order valence-electron chi connectivity index (χ0n) is 25.7. The van der Waals surface area contributed by atoms with Gasteiger partial charge in [0.1, 0.15) is 5.78 Å². The van der Waals surface area contributed by atoms with E-state index in [9.17, 15) is 35.5 Å². The van der Waals surface area contributed by atoms with E-state index in [2.05, 4.69) is 33.5 Å². The molecule has 2 nitrogen and oxygen atoms in total. The molecule has 0 aromatic rings. The van der Waals surface area contributed by atoms with Gasteiger partial charge in [0.15, 0.2) is 8.32 Å². The zero-order chi connectivity index (χ0) is 31.0. The molecule has 40 heavy (non-hydrogen) atoms. The number of fused-ring (bicyclic) bond motifs is 5. The van der Waals surface area contributed by atoms with E-state index in [1.165, 1.54) is 0 Å². The van der Waals surface area contributed by atoms with E-state index in [4.69, 9.17) is 5.80 Å². The number of ketones is 1. The maximum atomic E-state index is 14.3. The highest BCUT2D eigenvalue weighted by Gasteiger charge is 2.72. The van der Waals surface area contributed by atoms with Crippen LogP contribution in [0.4, 0.5) is 30.7 Å². The molecule has 10 heteroatoms. The highest BCUT2D eigenvalue weighted by atomic mass is 28.4. The van der Waals surface area contributed by atoms with E-state index in [1.807, 2.05) is 0 Å². The van der Waals surface area contributed by atoms with Gasteiger partial charge in [-0.3, -0.25) is 4.79 Å². The van der Waals surface area contributed by atoms with E-state index in [1.54, 1.807) is 6.92 Å². The van der Waals surface area contributed by atoms with E-state index in [0.29, 0.717) is 17.9 Å². The van der Waals surface area contributed by atoms with Crippen molar-refractivity contribution in [3.63, 3.8) is 0 Å². The Hall–Kier alpha value is -0.643. The molecule has 0 amide bonds. The van der Waals surface area contributed by atoms with E-state index < -0.39 is 50.5 Å². The minimum Gasteiger partial charge on any atom is -0.415 e. The highest BCUT2D eigenvalue weighted by Crippen LogP contribution is 2.67. The minimum atomic E-state index is -6.15. The van der Waals surface area contributed by atoms with Crippen molar-refractivity contribution < 1.29 is 41.3 Å². The molecule has 4 aliphatic rings. The second-order valence-corrected chi connectivity index (χ2v) is 19.4. The predicted molar refractivity (Wildman–Crippen MR) is 143 cm³/mol. The molecule has 10 atom stereocenters. The van der Waals surface area contributed by atoms with Gasteiger partial charge in [-0.15, -0.1) is 0 Å². The summed E-state index contributed by atoms with van der Waals surface area (Å²) in [6.45, 7) is 12.8. The van der Waals surface area contributed by atoms with E-state index in [-0.39, 0.29) is 41.8 Å². The van der Waals surface area contributed by atoms with Crippen molar-refractivity contribution in [2.24, 2.45) is 46.3 Å². The Morgan fingerprint density at radius 2 is 1.57 bits per heavy atom. The number of carbonyl (C=O) groups excluding carboxylic acids is 1. The van der Waals surface area contributed by atoms with Crippen molar-refractivity contribution in [3.8, 4) is 0 Å². The van der Waals surface area contributed by atoms with Crippen LogP contribution in [0, 0.1) is 46.3 Å². The molecule has 0 aromatic heterocycles. The van der Waals surface area contributed by atoms with Gasteiger partial charge in [-0.1, -0.05) is 27.2 Å². The lowest BCUT2D eigenvalue weighted by atomic mass is 9.44. The van der Waals surface area contributed by atoms with Crippen LogP contribution in [0.1, 0.15) is 92.7 Å². The Morgan fingerprint density at radius 1 is 0.975 bits per heavy atom. The van der Waals surface area contributed by atoms with Crippen LogP contribution in [-0.4, -0.2) is 38.2 Å². The summed E-state index contributed by atoms with van der Waals surface area (Å²) in [7, 11) is -1.65. The number of carbonyl (C=O) groups is 1. The topological polar surface area (TPSA) is 26.3 Å². The van der Waals surface area contributed by atoms with Crippen LogP contribution in [0.15, 0.2) is 0 Å². The fourth-order valence-electron chi connectivity index (χ4n) is 9.61. The van der Waals surface area contributed by atoms with Crippen LogP contribution in [0.5, 0.6) is 0 Å². The molecule has 4 rings (SSSR count). The normalized spacial score (nSPS) is 41.0. The first kappa shape index (κ1) is 30.8. The molecule has 0 aromatic carbocycles. The predicted octanol–water partition coefficient (Wildman–Crippen LogP) is 9.68. The number of alkyl halides is 7. The van der Waals surface area contributed by atoms with Crippen LogP contribution in [0.3, 0.4) is 0 Å². The molecule has 4 saturated carbocycles. The van der Waals surface area contributed by atoms with Gasteiger partial charge < -0.3 is 4.43 Å². The molecule has 0 spiro atoms. The molecular formula is C30H47F7O2Si. The van der Waals surface area contributed by atoms with Gasteiger partial charge in [-0.05, 0) is 118 Å². The van der Waals surface area contributed by atoms with Crippen molar-refractivity contribution >= 4 is 14.1 Å². The largest absolute Gasteiger partial charge is 0.431 e. The lowest BCUT2D eigenvalue weighted by Gasteiger charge is -2.61. The SMILES string of the molecule is [2H][C@@H](C[C@@H](C)[C@H]1CC(=O)[C@H]2[C@@H]3CC[C@H]4C[C@@H](O[Si](C)(C)C)CC[C@]4(C)[C@H]3CC[C@]12C)CC(F)(C(F)(F)F)C(F)(F)F. The first-order valence-corrected chi connectivity index (χ1v) is 18.4. The third kappa shape index (κ3) is 5.55. The molecule has 4 fully saturated rings. The van der Waals surface area contributed by atoms with Crippen molar-refractivity contribution in [1.29, 1.82) is 0 Å². The molecule has 0 bridgehead atoms. The van der Waals surface area contributed by atoms with Crippen molar-refractivity contribution in [2.75, 3.05) is 0 Å². The molecule has 0 unspecified atom stereocenters. The molecule has 232 valence electrons. The average Bonchev–Trinajstić information content (AvgIpc) is 3.07. The van der Waals surface area contributed by atoms with Crippen molar-refractivity contribution in [3.05, 3.63) is 0 Å². The molecular weight excluding hydrogens is 553 g/mol. The fourth-order valence-corrected chi connectivity index (χ4v) is 10.8. The van der Waals surface area contributed by atoms with E-state index in [0.717, 1.165) is 44.9 Å². The Labute approximate surface area is 237 Å². The summed E-state index contributed by atoms with van der Waals surface area (Å²) in [5, 5.41) is 0. The van der Waals surface area contributed by atoms with Gasteiger partial charge >= 0.3 is 12.4 Å². The maximum absolute atomic E-state index is 14.3. The smallest absolute Gasteiger partial charge is 0.415 e. The second-order valence-electron chi connectivity index (χ2n) is 15.0. The lowest BCUT2D eigenvalue weighted by Crippen LogP contribution is -2.55. The summed E-state index contributed by atoms with van der Waals surface area (Å²) >= 11 is 0. The van der Waals surface area contributed by atoms with Crippen LogP contribution < -0.4 is 0 Å². The zero-order valence-corrected chi connectivity index (χ0v) is 25.7. The van der Waals surface area contributed by atoms with Crippen LogP contribution in [-0.2, 0) is 9.22 Å². The van der Waals surface area contributed by atoms with Crippen molar-refractivity contribution in [1.82, 2.24) is 0 Å². The number of hydrogen-bond acceptors (Lipinski definition) is 2. The molecule has 0 heterocycles. The quantitative estimate of drug-likeness (QED) is 0.215. The Balaban J connectivity index is 1.47. The molecule has 0 N–H and O–H groups in total. The first-order valence-electron chi connectivity index (χ1n) is 15.6. The summed E-state index contributed by atoms with van der Waals surface area (Å²) in [4.78, 5) is 13.6. The highest BCUT2D eigenvalue weighted by molar-refractivity contribution is 6.69. The number of halogens is 7.